The third-order valence-electron chi connectivity index (χ3n) is 2.73. The Morgan fingerprint density at radius 3 is 2.84 bits per heavy atom. The summed E-state index contributed by atoms with van der Waals surface area (Å²) in [6.07, 6.45) is 1.31. The van der Waals surface area contributed by atoms with Crippen LogP contribution in [0.2, 0.25) is 0 Å². The van der Waals surface area contributed by atoms with Gasteiger partial charge in [-0.1, -0.05) is 6.07 Å². The number of hydrogen-bond acceptors (Lipinski definition) is 4. The minimum absolute atomic E-state index is 0. The molecule has 19 heavy (non-hydrogen) atoms. The van der Waals surface area contributed by atoms with Crippen molar-refractivity contribution in [1.29, 1.82) is 0 Å². The van der Waals surface area contributed by atoms with E-state index < -0.39 is 0 Å². The summed E-state index contributed by atoms with van der Waals surface area (Å²) in [5, 5.41) is 5.92. The second kappa shape index (κ2) is 7.86. The van der Waals surface area contributed by atoms with Gasteiger partial charge in [-0.15, -0.1) is 12.4 Å². The molecule has 1 amide bonds. The molecule has 1 heterocycles. The molecule has 0 saturated heterocycles. The van der Waals surface area contributed by atoms with Crippen LogP contribution in [0.3, 0.4) is 0 Å². The molecule has 0 bridgehead atoms. The van der Waals surface area contributed by atoms with Gasteiger partial charge in [-0.05, 0) is 37.7 Å². The highest BCUT2D eigenvalue weighted by atomic mass is 35.5. The average molecular weight is 287 g/mol. The zero-order valence-corrected chi connectivity index (χ0v) is 11.7. The van der Waals surface area contributed by atoms with E-state index in [1.165, 1.54) is 0 Å². The standard InChI is InChI=1S/C13H18N2O3.ClH/c1-14-5-2-6-15-13(16)8-10-3-4-11-12(7-10)18-9-17-11;/h3-4,7,14H,2,5-6,8-9H2,1H3,(H,15,16);1H. The summed E-state index contributed by atoms with van der Waals surface area (Å²) in [4.78, 5) is 11.7. The first kappa shape index (κ1) is 15.6. The van der Waals surface area contributed by atoms with Crippen LogP contribution < -0.4 is 20.1 Å². The minimum Gasteiger partial charge on any atom is -0.454 e. The molecule has 1 aliphatic heterocycles. The molecular formula is C13H19ClN2O3. The second-order valence-electron chi connectivity index (χ2n) is 4.17. The Bertz CT molecular complexity index is 426. The molecule has 0 unspecified atom stereocenters. The van der Waals surface area contributed by atoms with E-state index in [9.17, 15) is 4.79 Å². The van der Waals surface area contributed by atoms with Crippen LogP contribution >= 0.6 is 12.4 Å². The van der Waals surface area contributed by atoms with E-state index in [1.54, 1.807) is 0 Å². The van der Waals surface area contributed by atoms with Crippen LogP contribution in [0.4, 0.5) is 0 Å². The van der Waals surface area contributed by atoms with Gasteiger partial charge in [0.05, 0.1) is 6.42 Å². The molecule has 106 valence electrons. The number of nitrogens with one attached hydrogen (secondary N) is 2. The SMILES string of the molecule is CNCCCNC(=O)Cc1ccc2c(c1)OCO2.Cl. The fourth-order valence-electron chi connectivity index (χ4n) is 1.79. The highest BCUT2D eigenvalue weighted by Crippen LogP contribution is 2.32. The van der Waals surface area contributed by atoms with E-state index in [4.69, 9.17) is 9.47 Å². The highest BCUT2D eigenvalue weighted by Gasteiger charge is 2.14. The Labute approximate surface area is 119 Å². The number of benzene rings is 1. The first-order valence-corrected chi connectivity index (χ1v) is 6.09. The van der Waals surface area contributed by atoms with Crippen LogP contribution in [0.1, 0.15) is 12.0 Å². The van der Waals surface area contributed by atoms with Crippen molar-refractivity contribution in [1.82, 2.24) is 10.6 Å². The predicted molar refractivity (Wildman–Crippen MR) is 75.1 cm³/mol. The van der Waals surface area contributed by atoms with Crippen LogP contribution in [0, 0.1) is 0 Å². The second-order valence-corrected chi connectivity index (χ2v) is 4.17. The summed E-state index contributed by atoms with van der Waals surface area (Å²) in [6, 6.07) is 5.59. The number of hydrogen-bond donors (Lipinski definition) is 2. The van der Waals surface area contributed by atoms with Gasteiger partial charge in [-0.2, -0.15) is 0 Å². The van der Waals surface area contributed by atoms with Gasteiger partial charge in [0.2, 0.25) is 12.7 Å². The lowest BCUT2D eigenvalue weighted by Crippen LogP contribution is -2.27. The van der Waals surface area contributed by atoms with E-state index in [1.807, 2.05) is 25.2 Å². The Balaban J connectivity index is 0.00000180. The Hall–Kier alpha value is -1.46. The lowest BCUT2D eigenvalue weighted by atomic mass is 10.1. The predicted octanol–water partition coefficient (Wildman–Crippen LogP) is 1.11. The average Bonchev–Trinajstić information content (AvgIpc) is 2.82. The largest absolute Gasteiger partial charge is 0.454 e. The van der Waals surface area contributed by atoms with Gasteiger partial charge in [0.15, 0.2) is 11.5 Å². The molecule has 0 radical (unpaired) electrons. The third-order valence-corrected chi connectivity index (χ3v) is 2.73. The van der Waals surface area contributed by atoms with Crippen molar-refractivity contribution in [3.8, 4) is 11.5 Å². The first-order chi connectivity index (χ1) is 8.79. The van der Waals surface area contributed by atoms with Crippen molar-refractivity contribution < 1.29 is 14.3 Å². The third kappa shape index (κ3) is 4.61. The molecule has 2 N–H and O–H groups in total. The smallest absolute Gasteiger partial charge is 0.231 e. The normalized spacial score (nSPS) is 11.8. The minimum atomic E-state index is 0. The summed E-state index contributed by atoms with van der Waals surface area (Å²) >= 11 is 0. The number of rotatable bonds is 6. The van der Waals surface area contributed by atoms with E-state index in [2.05, 4.69) is 10.6 Å². The molecule has 2 rings (SSSR count). The fraction of sp³-hybridized carbons (Fsp3) is 0.462. The molecule has 5 nitrogen and oxygen atoms in total. The van der Waals surface area contributed by atoms with E-state index in [-0.39, 0.29) is 25.1 Å². The Kier molecular flexibility index (Phi) is 6.45. The summed E-state index contributed by atoms with van der Waals surface area (Å²) in [7, 11) is 1.90. The van der Waals surface area contributed by atoms with E-state index in [0.29, 0.717) is 13.0 Å². The summed E-state index contributed by atoms with van der Waals surface area (Å²) in [5.74, 6) is 1.49. The van der Waals surface area contributed by atoms with Crippen molar-refractivity contribution >= 4 is 18.3 Å². The zero-order valence-electron chi connectivity index (χ0n) is 10.9. The van der Waals surface area contributed by atoms with Crippen molar-refractivity contribution in [2.75, 3.05) is 26.9 Å². The van der Waals surface area contributed by atoms with Crippen molar-refractivity contribution in [2.45, 2.75) is 12.8 Å². The molecular weight excluding hydrogens is 268 g/mol. The summed E-state index contributed by atoms with van der Waals surface area (Å²) in [6.45, 7) is 1.86. The lowest BCUT2D eigenvalue weighted by Gasteiger charge is -2.05. The number of ether oxygens (including phenoxy) is 2. The van der Waals surface area contributed by atoms with Crippen molar-refractivity contribution in [3.05, 3.63) is 23.8 Å². The van der Waals surface area contributed by atoms with Crippen LogP contribution in [0.25, 0.3) is 0 Å². The molecule has 0 saturated carbocycles. The molecule has 1 aromatic rings. The van der Waals surface area contributed by atoms with Crippen LogP contribution in [0.15, 0.2) is 18.2 Å². The summed E-state index contributed by atoms with van der Waals surface area (Å²) < 4.78 is 10.5. The van der Waals surface area contributed by atoms with Gasteiger partial charge in [0.1, 0.15) is 0 Å². The molecule has 1 aromatic carbocycles. The Morgan fingerprint density at radius 2 is 2.05 bits per heavy atom. The highest BCUT2D eigenvalue weighted by molar-refractivity contribution is 5.85. The van der Waals surface area contributed by atoms with E-state index >= 15 is 0 Å². The maximum Gasteiger partial charge on any atom is 0.231 e. The maximum absolute atomic E-state index is 11.7. The zero-order chi connectivity index (χ0) is 12.8. The van der Waals surface area contributed by atoms with Gasteiger partial charge in [0.25, 0.3) is 0 Å². The first-order valence-electron chi connectivity index (χ1n) is 6.09. The van der Waals surface area contributed by atoms with Crippen molar-refractivity contribution in [2.24, 2.45) is 0 Å². The van der Waals surface area contributed by atoms with Gasteiger partial charge in [-0.3, -0.25) is 4.79 Å². The van der Waals surface area contributed by atoms with Crippen molar-refractivity contribution in [3.63, 3.8) is 0 Å². The molecule has 1 aliphatic rings. The van der Waals surface area contributed by atoms with Crippen LogP contribution in [0.5, 0.6) is 11.5 Å². The quantitative estimate of drug-likeness (QED) is 0.769. The molecule has 6 heteroatoms. The van der Waals surface area contributed by atoms with Gasteiger partial charge in [-0.25, -0.2) is 0 Å². The van der Waals surface area contributed by atoms with E-state index in [0.717, 1.165) is 30.0 Å². The van der Waals surface area contributed by atoms with Crippen LogP contribution in [-0.4, -0.2) is 32.8 Å². The molecule has 0 aliphatic carbocycles. The number of halogens is 1. The van der Waals surface area contributed by atoms with Gasteiger partial charge in [0, 0.05) is 6.54 Å². The lowest BCUT2D eigenvalue weighted by molar-refractivity contribution is -0.120. The fourth-order valence-corrected chi connectivity index (χ4v) is 1.79. The number of fused-ring (bicyclic) bond motifs is 1. The maximum atomic E-state index is 11.7. The molecule has 0 fully saturated rings. The topological polar surface area (TPSA) is 59.6 Å². The number of amides is 1. The van der Waals surface area contributed by atoms with Gasteiger partial charge >= 0.3 is 0 Å². The number of carbonyl (C=O) groups excluding carboxylic acids is 1. The summed E-state index contributed by atoms with van der Waals surface area (Å²) in [5.41, 5.74) is 0.936. The molecule has 0 spiro atoms. The van der Waals surface area contributed by atoms with Crippen LogP contribution in [-0.2, 0) is 11.2 Å². The monoisotopic (exact) mass is 286 g/mol. The number of carbonyl (C=O) groups is 1. The molecule has 0 aromatic heterocycles. The molecule has 0 atom stereocenters. The Morgan fingerprint density at radius 1 is 1.26 bits per heavy atom. The van der Waals surface area contributed by atoms with Gasteiger partial charge < -0.3 is 20.1 Å².